The number of hydrogen-bond acceptors (Lipinski definition) is 6. The van der Waals surface area contributed by atoms with Gasteiger partial charge in [0.15, 0.2) is 0 Å². The summed E-state index contributed by atoms with van der Waals surface area (Å²) in [7, 11) is 0. The van der Waals surface area contributed by atoms with Crippen LogP contribution in [-0.2, 0) is 0 Å². The van der Waals surface area contributed by atoms with Crippen LogP contribution in [0.15, 0.2) is 48.7 Å². The van der Waals surface area contributed by atoms with Gasteiger partial charge in [0.2, 0.25) is 5.82 Å². The van der Waals surface area contributed by atoms with E-state index in [1.54, 1.807) is 24.3 Å². The number of nitriles is 1. The van der Waals surface area contributed by atoms with Gasteiger partial charge in [-0.2, -0.15) is 10.5 Å². The number of benzene rings is 2. The lowest BCUT2D eigenvalue weighted by atomic mass is 10.1. The predicted molar refractivity (Wildman–Crippen MR) is 102 cm³/mol. The quantitative estimate of drug-likeness (QED) is 0.602. The fourth-order valence-electron chi connectivity index (χ4n) is 2.55. The van der Waals surface area contributed by atoms with Gasteiger partial charge in [-0.15, -0.1) is 10.2 Å². The van der Waals surface area contributed by atoms with Gasteiger partial charge >= 0.3 is 0 Å². The average Bonchev–Trinajstić information content (AvgIpc) is 3.16. The minimum atomic E-state index is -0.188. The zero-order valence-electron chi connectivity index (χ0n) is 14.8. The molecule has 0 spiro atoms. The molecule has 0 saturated heterocycles. The molecule has 3 N–H and O–H groups in total. The van der Waals surface area contributed by atoms with E-state index in [9.17, 15) is 4.79 Å². The van der Waals surface area contributed by atoms with Crippen molar-refractivity contribution in [3.8, 4) is 6.07 Å². The number of aryl methyl sites for hydroxylation is 2. The van der Waals surface area contributed by atoms with Gasteiger partial charge in [-0.1, -0.05) is 6.07 Å². The van der Waals surface area contributed by atoms with Gasteiger partial charge in [-0.05, 0) is 66.6 Å². The topological polar surface area (TPSA) is 119 Å². The predicted octanol–water partition coefficient (Wildman–Crippen LogP) is 3.05. The Hall–Kier alpha value is -3.99. The standard InChI is InChI=1S/C19H17N7O/c1-12-7-13(2)9-17(8-12)22-19(27)14-3-5-16(6-4-14)21-11-15(10-20)18-23-25-26-24-18/h3-9,11,21H,1-2H3,(H,22,27)(H,23,24,25,26). The number of carbonyl (C=O) groups is 1. The lowest BCUT2D eigenvalue weighted by Gasteiger charge is -2.08. The third-order valence-corrected chi connectivity index (χ3v) is 3.72. The Kier molecular flexibility index (Phi) is 5.23. The molecular formula is C19H17N7O. The molecule has 1 heterocycles. The molecule has 8 nitrogen and oxygen atoms in total. The Bertz CT molecular complexity index is 995. The van der Waals surface area contributed by atoms with E-state index in [1.807, 2.05) is 38.1 Å². The van der Waals surface area contributed by atoms with Gasteiger partial charge in [0, 0.05) is 23.1 Å². The second-order valence-corrected chi connectivity index (χ2v) is 5.96. The SMILES string of the molecule is Cc1cc(C)cc(NC(=O)c2ccc(NC=C(C#N)c3nn[nH]n3)cc2)c1. The van der Waals surface area contributed by atoms with Gasteiger partial charge in [-0.3, -0.25) is 4.79 Å². The zero-order valence-corrected chi connectivity index (χ0v) is 14.8. The third-order valence-electron chi connectivity index (χ3n) is 3.72. The van der Waals surface area contributed by atoms with Crippen LogP contribution < -0.4 is 10.6 Å². The van der Waals surface area contributed by atoms with Crippen molar-refractivity contribution in [3.63, 3.8) is 0 Å². The number of aromatic nitrogens is 4. The molecule has 0 saturated carbocycles. The molecule has 1 amide bonds. The van der Waals surface area contributed by atoms with Crippen LogP contribution in [0.3, 0.4) is 0 Å². The van der Waals surface area contributed by atoms with Crippen LogP contribution in [0.1, 0.15) is 27.3 Å². The normalized spacial score (nSPS) is 10.9. The van der Waals surface area contributed by atoms with E-state index in [0.717, 1.165) is 16.8 Å². The summed E-state index contributed by atoms with van der Waals surface area (Å²) in [5.74, 6) is 0.0149. The Morgan fingerprint density at radius 1 is 1.11 bits per heavy atom. The number of H-pyrrole nitrogens is 1. The molecule has 0 aliphatic heterocycles. The summed E-state index contributed by atoms with van der Waals surface area (Å²) in [4.78, 5) is 12.4. The number of carbonyl (C=O) groups excluding carboxylic acids is 1. The van der Waals surface area contributed by atoms with Crippen molar-refractivity contribution in [2.24, 2.45) is 0 Å². The van der Waals surface area contributed by atoms with Gasteiger partial charge in [0.1, 0.15) is 11.6 Å². The molecule has 0 radical (unpaired) electrons. The molecule has 0 bridgehead atoms. The number of rotatable bonds is 5. The van der Waals surface area contributed by atoms with Crippen molar-refractivity contribution < 1.29 is 4.79 Å². The van der Waals surface area contributed by atoms with Crippen molar-refractivity contribution >= 4 is 22.9 Å². The first kappa shape index (κ1) is 17.8. The van der Waals surface area contributed by atoms with Crippen LogP contribution in [0.4, 0.5) is 11.4 Å². The van der Waals surface area contributed by atoms with Gasteiger partial charge < -0.3 is 10.6 Å². The Morgan fingerprint density at radius 3 is 2.41 bits per heavy atom. The molecule has 0 atom stereocenters. The molecule has 3 aromatic rings. The summed E-state index contributed by atoms with van der Waals surface area (Å²) in [6, 6.07) is 14.8. The van der Waals surface area contributed by atoms with Crippen LogP contribution in [0.25, 0.3) is 5.57 Å². The fraction of sp³-hybridized carbons (Fsp3) is 0.105. The number of nitrogens with one attached hydrogen (secondary N) is 3. The van der Waals surface area contributed by atoms with Crippen molar-refractivity contribution in [2.45, 2.75) is 13.8 Å². The minimum absolute atomic E-state index is 0.188. The van der Waals surface area contributed by atoms with Crippen molar-refractivity contribution in [3.05, 3.63) is 71.2 Å². The fourth-order valence-corrected chi connectivity index (χ4v) is 2.55. The summed E-state index contributed by atoms with van der Waals surface area (Å²) in [6.07, 6.45) is 1.48. The highest BCUT2D eigenvalue weighted by atomic mass is 16.1. The molecule has 0 aliphatic rings. The number of tetrazole rings is 1. The molecule has 0 fully saturated rings. The van der Waals surface area contributed by atoms with Crippen molar-refractivity contribution in [1.82, 2.24) is 20.6 Å². The van der Waals surface area contributed by atoms with E-state index in [2.05, 4.69) is 31.3 Å². The van der Waals surface area contributed by atoms with Crippen LogP contribution >= 0.6 is 0 Å². The van der Waals surface area contributed by atoms with Crippen LogP contribution in [0.5, 0.6) is 0 Å². The number of amides is 1. The molecule has 1 aromatic heterocycles. The highest BCUT2D eigenvalue weighted by Gasteiger charge is 2.08. The van der Waals surface area contributed by atoms with Crippen molar-refractivity contribution in [2.75, 3.05) is 10.6 Å². The molecule has 3 rings (SSSR count). The summed E-state index contributed by atoms with van der Waals surface area (Å²) >= 11 is 0. The van der Waals surface area contributed by atoms with E-state index in [1.165, 1.54) is 6.20 Å². The summed E-state index contributed by atoms with van der Waals surface area (Å²) in [6.45, 7) is 3.97. The average molecular weight is 359 g/mol. The molecule has 0 unspecified atom stereocenters. The molecule has 2 aromatic carbocycles. The maximum atomic E-state index is 12.4. The van der Waals surface area contributed by atoms with E-state index < -0.39 is 0 Å². The molecule has 27 heavy (non-hydrogen) atoms. The number of hydrogen-bond donors (Lipinski definition) is 3. The first-order valence-corrected chi connectivity index (χ1v) is 8.15. The summed E-state index contributed by atoms with van der Waals surface area (Å²) < 4.78 is 0. The number of aromatic amines is 1. The van der Waals surface area contributed by atoms with Crippen LogP contribution in [0, 0.1) is 25.2 Å². The second kappa shape index (κ2) is 7.93. The molecule has 0 aliphatic carbocycles. The van der Waals surface area contributed by atoms with Crippen molar-refractivity contribution in [1.29, 1.82) is 5.26 Å². The lowest BCUT2D eigenvalue weighted by Crippen LogP contribution is -2.12. The number of allylic oxidation sites excluding steroid dienone is 1. The molecule has 8 heteroatoms. The first-order chi connectivity index (χ1) is 13.0. The van der Waals surface area contributed by atoms with Gasteiger partial charge in [0.25, 0.3) is 5.91 Å². The zero-order chi connectivity index (χ0) is 19.2. The minimum Gasteiger partial charge on any atom is -0.360 e. The first-order valence-electron chi connectivity index (χ1n) is 8.15. The summed E-state index contributed by atoms with van der Waals surface area (Å²) in [5, 5.41) is 28.2. The van der Waals surface area contributed by atoms with Crippen LogP contribution in [-0.4, -0.2) is 26.5 Å². The third kappa shape index (κ3) is 4.55. The molecule has 134 valence electrons. The smallest absolute Gasteiger partial charge is 0.255 e. The largest absolute Gasteiger partial charge is 0.360 e. The Morgan fingerprint density at radius 2 is 1.81 bits per heavy atom. The maximum Gasteiger partial charge on any atom is 0.255 e. The van der Waals surface area contributed by atoms with E-state index in [0.29, 0.717) is 11.3 Å². The van der Waals surface area contributed by atoms with E-state index >= 15 is 0 Å². The monoisotopic (exact) mass is 359 g/mol. The second-order valence-electron chi connectivity index (χ2n) is 5.96. The number of nitrogens with zero attached hydrogens (tertiary/aromatic N) is 4. The van der Waals surface area contributed by atoms with Gasteiger partial charge in [-0.25, -0.2) is 0 Å². The number of anilines is 2. The maximum absolute atomic E-state index is 12.4. The van der Waals surface area contributed by atoms with E-state index in [4.69, 9.17) is 5.26 Å². The van der Waals surface area contributed by atoms with Crippen LogP contribution in [0.2, 0.25) is 0 Å². The highest BCUT2D eigenvalue weighted by Crippen LogP contribution is 2.16. The van der Waals surface area contributed by atoms with E-state index in [-0.39, 0.29) is 17.3 Å². The Balaban J connectivity index is 1.68. The molecular weight excluding hydrogens is 342 g/mol. The highest BCUT2D eigenvalue weighted by molar-refractivity contribution is 6.04. The lowest BCUT2D eigenvalue weighted by molar-refractivity contribution is 0.102. The van der Waals surface area contributed by atoms with Gasteiger partial charge in [0.05, 0.1) is 0 Å². The Labute approximate surface area is 155 Å². The summed E-state index contributed by atoms with van der Waals surface area (Å²) in [5.41, 5.74) is 4.43.